The standard InChI is InChI=1S/C44H47F3N2O5S/c1-7-9-21-49-36-13-11-10-12-32(36)43(3,4)38(49)18-14-27-22-29(42(50)51)23-28(40(27)41-34(46)24-30(45)25-35(41)47)15-19-39-44(5,6)33-26-31(55(52,53)54)16-17-37(33)48(39)20-8-2/h10-19,24-26,29H,7-9,20-23H2,1-6H3,(H-,50,51,52,53,54)/p+1. The summed E-state index contributed by atoms with van der Waals surface area (Å²) in [6.45, 7) is 13.5. The highest BCUT2D eigenvalue weighted by molar-refractivity contribution is 7.85. The van der Waals surface area contributed by atoms with Gasteiger partial charge in [0.15, 0.2) is 5.71 Å². The molecular formula is C44H48F3N2O5S+. The molecule has 2 heterocycles. The molecule has 0 aromatic heterocycles. The lowest BCUT2D eigenvalue weighted by Gasteiger charge is -2.29. The van der Waals surface area contributed by atoms with E-state index in [0.717, 1.165) is 54.2 Å². The Morgan fingerprint density at radius 2 is 1.60 bits per heavy atom. The Balaban J connectivity index is 1.59. The predicted molar refractivity (Wildman–Crippen MR) is 210 cm³/mol. The molecule has 0 spiro atoms. The first-order valence-corrected chi connectivity index (χ1v) is 20.2. The van der Waals surface area contributed by atoms with Crippen LogP contribution in [0.5, 0.6) is 0 Å². The number of nitrogens with zero attached hydrogens (tertiary/aromatic N) is 2. The van der Waals surface area contributed by atoms with Gasteiger partial charge in [-0.25, -0.2) is 13.2 Å². The van der Waals surface area contributed by atoms with E-state index in [9.17, 15) is 27.3 Å². The van der Waals surface area contributed by atoms with Crippen LogP contribution in [0.3, 0.4) is 0 Å². The molecule has 1 atom stereocenters. The maximum absolute atomic E-state index is 15.9. The van der Waals surface area contributed by atoms with Crippen molar-refractivity contribution >= 4 is 38.7 Å². The lowest BCUT2D eigenvalue weighted by Crippen LogP contribution is -2.28. The van der Waals surface area contributed by atoms with Gasteiger partial charge in [-0.2, -0.15) is 13.0 Å². The predicted octanol–water partition coefficient (Wildman–Crippen LogP) is 10.0. The van der Waals surface area contributed by atoms with E-state index in [1.807, 2.05) is 43.9 Å². The molecule has 0 saturated heterocycles. The smallest absolute Gasteiger partial charge is 0.307 e. The van der Waals surface area contributed by atoms with E-state index in [1.54, 1.807) is 24.3 Å². The lowest BCUT2D eigenvalue weighted by atomic mass is 9.76. The van der Waals surface area contributed by atoms with Gasteiger partial charge in [0, 0.05) is 59.6 Å². The fraction of sp³-hybridized carbons (Fsp3) is 0.364. The molecule has 1 unspecified atom stereocenters. The summed E-state index contributed by atoms with van der Waals surface area (Å²) in [4.78, 5) is 14.5. The first-order chi connectivity index (χ1) is 25.9. The molecule has 0 amide bonds. The van der Waals surface area contributed by atoms with Crippen LogP contribution in [0.25, 0.3) is 5.57 Å². The number of aliphatic carboxylic acids is 1. The number of halogens is 3. The quantitative estimate of drug-likeness (QED) is 0.149. The molecule has 6 rings (SSSR count). The van der Waals surface area contributed by atoms with E-state index >= 15 is 8.78 Å². The topological polar surface area (TPSA) is 97.9 Å². The number of para-hydroxylation sites is 1. The van der Waals surface area contributed by atoms with Gasteiger partial charge >= 0.3 is 5.97 Å². The van der Waals surface area contributed by atoms with Gasteiger partial charge in [0.05, 0.1) is 21.8 Å². The third-order valence-electron chi connectivity index (χ3n) is 11.2. The van der Waals surface area contributed by atoms with Crippen LogP contribution in [0.2, 0.25) is 0 Å². The van der Waals surface area contributed by atoms with Crippen LogP contribution in [0.15, 0.2) is 101 Å². The average molecular weight is 774 g/mol. The van der Waals surface area contributed by atoms with E-state index in [2.05, 4.69) is 37.5 Å². The Morgan fingerprint density at radius 3 is 2.24 bits per heavy atom. The minimum absolute atomic E-state index is 0.0156. The van der Waals surface area contributed by atoms with Crippen molar-refractivity contribution in [3.63, 3.8) is 0 Å². The summed E-state index contributed by atoms with van der Waals surface area (Å²) in [5.41, 5.74) is 4.59. The lowest BCUT2D eigenvalue weighted by molar-refractivity contribution is -0.438. The monoisotopic (exact) mass is 773 g/mol. The number of hydrogen-bond donors (Lipinski definition) is 2. The summed E-state index contributed by atoms with van der Waals surface area (Å²) in [5, 5.41) is 10.4. The third kappa shape index (κ3) is 7.36. The van der Waals surface area contributed by atoms with Gasteiger partial charge in [0.1, 0.15) is 24.0 Å². The second-order valence-electron chi connectivity index (χ2n) is 15.6. The Bertz CT molecular complexity index is 2310. The van der Waals surface area contributed by atoms with Gasteiger partial charge in [-0.05, 0) is 79.7 Å². The van der Waals surface area contributed by atoms with Crippen LogP contribution in [0.1, 0.15) is 90.3 Å². The number of carbonyl (C=O) groups is 1. The van der Waals surface area contributed by atoms with Crippen molar-refractivity contribution in [2.24, 2.45) is 5.92 Å². The van der Waals surface area contributed by atoms with Crippen molar-refractivity contribution in [2.75, 3.05) is 18.0 Å². The van der Waals surface area contributed by atoms with Crippen LogP contribution in [-0.4, -0.2) is 47.4 Å². The van der Waals surface area contributed by atoms with Crippen molar-refractivity contribution in [2.45, 2.75) is 89.4 Å². The van der Waals surface area contributed by atoms with E-state index in [0.29, 0.717) is 35.4 Å². The van der Waals surface area contributed by atoms with Crippen LogP contribution in [0.4, 0.5) is 24.5 Å². The highest BCUT2D eigenvalue weighted by Crippen LogP contribution is 2.50. The molecule has 3 aromatic carbocycles. The average Bonchev–Trinajstić information content (AvgIpc) is 3.46. The van der Waals surface area contributed by atoms with E-state index in [1.165, 1.54) is 12.1 Å². The van der Waals surface area contributed by atoms with Crippen molar-refractivity contribution in [1.29, 1.82) is 0 Å². The first-order valence-electron chi connectivity index (χ1n) is 18.8. The summed E-state index contributed by atoms with van der Waals surface area (Å²) in [7, 11) is -4.48. The maximum atomic E-state index is 15.9. The molecule has 7 nitrogen and oxygen atoms in total. The van der Waals surface area contributed by atoms with E-state index in [4.69, 9.17) is 0 Å². The Kier molecular flexibility index (Phi) is 10.9. The zero-order valence-electron chi connectivity index (χ0n) is 32.1. The van der Waals surface area contributed by atoms with Gasteiger partial charge in [-0.15, -0.1) is 0 Å². The fourth-order valence-electron chi connectivity index (χ4n) is 8.43. The molecule has 2 aliphatic heterocycles. The maximum Gasteiger partial charge on any atom is 0.307 e. The summed E-state index contributed by atoms with van der Waals surface area (Å²) >= 11 is 0. The number of anilines is 1. The molecule has 290 valence electrons. The number of rotatable bonds is 11. The second kappa shape index (κ2) is 15.1. The summed E-state index contributed by atoms with van der Waals surface area (Å²) in [5.74, 6) is -5.26. The summed E-state index contributed by atoms with van der Waals surface area (Å²) in [6.07, 6.45) is 9.74. The molecule has 1 aliphatic carbocycles. The van der Waals surface area contributed by atoms with Crippen molar-refractivity contribution < 1.29 is 40.6 Å². The largest absolute Gasteiger partial charge is 0.481 e. The van der Waals surface area contributed by atoms with Crippen molar-refractivity contribution in [1.82, 2.24) is 0 Å². The molecule has 55 heavy (non-hydrogen) atoms. The molecule has 3 aromatic rings. The molecule has 2 N–H and O–H groups in total. The molecule has 0 bridgehead atoms. The number of hydrogen-bond acceptors (Lipinski definition) is 4. The van der Waals surface area contributed by atoms with Crippen molar-refractivity contribution in [3.8, 4) is 0 Å². The van der Waals surface area contributed by atoms with Crippen LogP contribution >= 0.6 is 0 Å². The number of carboxylic acid groups (broad SMARTS) is 1. The van der Waals surface area contributed by atoms with Gasteiger partial charge in [0.2, 0.25) is 5.69 Å². The van der Waals surface area contributed by atoms with E-state index < -0.39 is 55.9 Å². The highest BCUT2D eigenvalue weighted by Gasteiger charge is 2.44. The Hall–Kier alpha value is -4.74. The number of allylic oxidation sites excluding steroid dienone is 8. The van der Waals surface area contributed by atoms with Gasteiger partial charge in [0.25, 0.3) is 10.1 Å². The van der Waals surface area contributed by atoms with Crippen molar-refractivity contribution in [3.05, 3.63) is 130 Å². The van der Waals surface area contributed by atoms with Crippen LogP contribution < -0.4 is 4.90 Å². The zero-order chi connectivity index (χ0) is 40.0. The zero-order valence-corrected chi connectivity index (χ0v) is 32.9. The van der Waals surface area contributed by atoms with Gasteiger partial charge in [-0.1, -0.05) is 64.5 Å². The number of benzene rings is 3. The normalized spacial score (nSPS) is 20.6. The second-order valence-corrected chi connectivity index (χ2v) is 17.1. The van der Waals surface area contributed by atoms with Crippen LogP contribution in [-0.2, 0) is 25.7 Å². The minimum atomic E-state index is -4.48. The third-order valence-corrected chi connectivity index (χ3v) is 12.1. The van der Waals surface area contributed by atoms with Gasteiger partial charge in [-0.3, -0.25) is 9.35 Å². The van der Waals surface area contributed by atoms with Crippen LogP contribution in [0, 0.1) is 23.4 Å². The molecule has 0 fully saturated rings. The SMILES string of the molecule is CCCC[N+]1=C(/C=C/C2=C(c3c(F)cc(F)cc3F)C(=C/C=C3/N(CCC)c4ccc(S(=O)(=O)O)cc4C3(C)C)/CC(C(=O)O)C2)C(C)(C)c2ccccc21. The Labute approximate surface area is 321 Å². The summed E-state index contributed by atoms with van der Waals surface area (Å²) in [6, 6.07) is 13.9. The first kappa shape index (κ1) is 39.9. The highest BCUT2D eigenvalue weighted by atomic mass is 32.2. The molecule has 3 aliphatic rings. The molecular weight excluding hydrogens is 726 g/mol. The van der Waals surface area contributed by atoms with E-state index in [-0.39, 0.29) is 23.3 Å². The molecule has 0 radical (unpaired) electrons. The van der Waals surface area contributed by atoms with Gasteiger partial charge < -0.3 is 10.0 Å². The molecule has 11 heteroatoms. The minimum Gasteiger partial charge on any atom is -0.481 e. The number of fused-ring (bicyclic) bond motifs is 2. The molecule has 0 saturated carbocycles. The fourth-order valence-corrected chi connectivity index (χ4v) is 8.94. The number of carboxylic acids is 1. The Morgan fingerprint density at radius 1 is 0.909 bits per heavy atom. The summed E-state index contributed by atoms with van der Waals surface area (Å²) < 4.78 is 82.4. The number of unbranched alkanes of at least 4 members (excludes halogenated alkanes) is 1.